The second-order valence-electron chi connectivity index (χ2n) is 10.9. The van der Waals surface area contributed by atoms with Gasteiger partial charge in [0.15, 0.2) is 6.61 Å². The van der Waals surface area contributed by atoms with Crippen molar-refractivity contribution in [2.24, 2.45) is 11.8 Å². The number of hydrogen-bond donors (Lipinski definition) is 3. The molecule has 1 aliphatic rings. The molecule has 0 aliphatic carbocycles. The Labute approximate surface area is 245 Å². The number of amides is 1. The van der Waals surface area contributed by atoms with Crippen LogP contribution in [0.5, 0.6) is 0 Å². The lowest BCUT2D eigenvalue weighted by Crippen LogP contribution is -2.39. The Kier molecular flexibility index (Phi) is 15.2. The zero-order valence-corrected chi connectivity index (χ0v) is 24.9. The van der Waals surface area contributed by atoms with Crippen molar-refractivity contribution in [2.75, 3.05) is 25.1 Å². The number of aliphatic hydroxyl groups excluding tert-OH is 1. The molecule has 1 aromatic heterocycles. The topological polar surface area (TPSA) is 149 Å². The van der Waals surface area contributed by atoms with E-state index in [1.807, 2.05) is 0 Å². The normalized spacial score (nSPS) is 21.0. The number of aromatic nitrogens is 2. The number of anilines is 1. The third kappa shape index (κ3) is 10.5. The summed E-state index contributed by atoms with van der Waals surface area (Å²) in [6.45, 7) is 5.57. The quantitative estimate of drug-likeness (QED) is 0.116. The molecule has 3 N–H and O–H groups in total. The number of aldehydes is 1. The van der Waals surface area contributed by atoms with E-state index < -0.39 is 55.0 Å². The molecule has 0 spiro atoms. The first-order chi connectivity index (χ1) is 20.1. The van der Waals surface area contributed by atoms with Crippen LogP contribution >= 0.6 is 0 Å². The molecule has 1 aromatic rings. The maximum absolute atomic E-state index is 14.6. The van der Waals surface area contributed by atoms with Gasteiger partial charge in [0.25, 0.3) is 5.91 Å². The number of esters is 1. The highest BCUT2D eigenvalue weighted by Gasteiger charge is 2.59. The zero-order chi connectivity index (χ0) is 31.1. The fraction of sp³-hybridized carbons (Fsp3) is 0.759. The lowest BCUT2D eigenvalue weighted by Gasteiger charge is -2.25. The summed E-state index contributed by atoms with van der Waals surface area (Å²) < 4.78 is 39.8. The largest absolute Gasteiger partial charge is 0.456 e. The van der Waals surface area contributed by atoms with Crippen molar-refractivity contribution in [3.8, 4) is 0 Å². The first kappa shape index (κ1) is 35.4. The fourth-order valence-corrected chi connectivity index (χ4v) is 5.05. The molecule has 5 atom stereocenters. The predicted molar refractivity (Wildman–Crippen MR) is 152 cm³/mol. The number of ether oxygens (including phenoxy) is 2. The molecule has 0 saturated carbocycles. The van der Waals surface area contributed by atoms with E-state index in [4.69, 9.17) is 9.47 Å². The van der Waals surface area contributed by atoms with Crippen molar-refractivity contribution in [1.82, 2.24) is 14.9 Å². The van der Waals surface area contributed by atoms with Crippen LogP contribution in [-0.2, 0) is 23.9 Å². The minimum Gasteiger partial charge on any atom is -0.456 e. The number of halogens is 2. The van der Waals surface area contributed by atoms with Crippen LogP contribution in [0, 0.1) is 11.8 Å². The minimum absolute atomic E-state index is 0.0204. The van der Waals surface area contributed by atoms with Gasteiger partial charge in [-0.05, 0) is 24.8 Å². The highest BCUT2D eigenvalue weighted by molar-refractivity contribution is 5.91. The summed E-state index contributed by atoms with van der Waals surface area (Å²) in [6.07, 6.45) is 7.77. The first-order valence-corrected chi connectivity index (χ1v) is 15.0. The van der Waals surface area contributed by atoms with Gasteiger partial charge in [-0.2, -0.15) is 4.98 Å². The molecule has 0 bridgehead atoms. The summed E-state index contributed by atoms with van der Waals surface area (Å²) in [5.74, 6) is -6.78. The number of alkyl halides is 2. The van der Waals surface area contributed by atoms with Gasteiger partial charge in [-0.3, -0.25) is 14.2 Å². The standard InChI is InChI=1S/C29H46F2N4O7/c1-4-6-8-10-12-22(20(3)11-9-7-5-2)32-15-13-26(39)41-19-25(38)33-24-14-16-35(28(40)34-24)27-29(30,31)21(17-36)23(18-37)42-27/h14,16-17,20-23,27,32,37H,4-13,15,18-19H2,1-3H3,(H,33,34,38,40). The molecule has 5 unspecified atom stereocenters. The molecule has 1 saturated heterocycles. The van der Waals surface area contributed by atoms with E-state index in [0.717, 1.165) is 31.5 Å². The van der Waals surface area contributed by atoms with Crippen LogP contribution in [0.25, 0.3) is 0 Å². The van der Waals surface area contributed by atoms with Crippen LogP contribution in [0.4, 0.5) is 14.6 Å². The maximum atomic E-state index is 14.6. The van der Waals surface area contributed by atoms with Gasteiger partial charge in [-0.1, -0.05) is 65.7 Å². The second-order valence-corrected chi connectivity index (χ2v) is 10.9. The van der Waals surface area contributed by atoms with E-state index in [1.165, 1.54) is 38.5 Å². The van der Waals surface area contributed by atoms with E-state index >= 15 is 0 Å². The number of carbonyl (C=O) groups is 3. The zero-order valence-electron chi connectivity index (χ0n) is 24.9. The van der Waals surface area contributed by atoms with Gasteiger partial charge in [-0.25, -0.2) is 13.6 Å². The molecule has 2 rings (SSSR count). The molecule has 42 heavy (non-hydrogen) atoms. The predicted octanol–water partition coefficient (Wildman–Crippen LogP) is 3.60. The molecule has 13 heteroatoms. The third-order valence-electron chi connectivity index (χ3n) is 7.57. The van der Waals surface area contributed by atoms with Crippen LogP contribution in [0.2, 0.25) is 0 Å². The SMILES string of the molecule is CCCCCCC(NCCC(=O)OCC(=O)Nc1ccn(C2OC(CO)C(C=O)C2(F)F)c(=O)n1)C(C)CCCCC. The van der Waals surface area contributed by atoms with Crippen LogP contribution in [0.1, 0.15) is 91.2 Å². The summed E-state index contributed by atoms with van der Waals surface area (Å²) >= 11 is 0. The van der Waals surface area contributed by atoms with Gasteiger partial charge in [0.2, 0.25) is 6.23 Å². The van der Waals surface area contributed by atoms with Crippen molar-refractivity contribution in [2.45, 2.75) is 109 Å². The number of nitrogens with zero attached hydrogens (tertiary/aromatic N) is 2. The lowest BCUT2D eigenvalue weighted by atomic mass is 9.91. The maximum Gasteiger partial charge on any atom is 0.351 e. The number of unbranched alkanes of at least 4 members (excludes halogenated alkanes) is 5. The van der Waals surface area contributed by atoms with Crippen LogP contribution in [-0.4, -0.2) is 70.6 Å². The number of rotatable bonds is 20. The van der Waals surface area contributed by atoms with Crippen LogP contribution in [0.15, 0.2) is 17.1 Å². The van der Waals surface area contributed by atoms with Crippen molar-refractivity contribution in [3.05, 3.63) is 22.7 Å². The second kappa shape index (κ2) is 18.0. The molecule has 1 amide bonds. The van der Waals surface area contributed by atoms with Crippen molar-refractivity contribution in [1.29, 1.82) is 0 Å². The molecule has 0 aromatic carbocycles. The average molecular weight is 601 g/mol. The highest BCUT2D eigenvalue weighted by atomic mass is 19.3. The highest BCUT2D eigenvalue weighted by Crippen LogP contribution is 2.45. The average Bonchev–Trinajstić information content (AvgIpc) is 3.22. The summed E-state index contributed by atoms with van der Waals surface area (Å²) in [5, 5.41) is 15.0. The number of hydrogen-bond acceptors (Lipinski definition) is 9. The number of carbonyl (C=O) groups excluding carboxylic acids is 3. The van der Waals surface area contributed by atoms with E-state index in [0.29, 0.717) is 23.1 Å². The number of aliphatic hydroxyl groups is 1. The Hall–Kier alpha value is -2.77. The molecular weight excluding hydrogens is 554 g/mol. The summed E-state index contributed by atoms with van der Waals surface area (Å²) in [6, 6.07) is 1.39. The van der Waals surface area contributed by atoms with Gasteiger partial charge >= 0.3 is 17.6 Å². The molecule has 1 fully saturated rings. The molecular formula is C29H46F2N4O7. The monoisotopic (exact) mass is 600 g/mol. The third-order valence-corrected chi connectivity index (χ3v) is 7.57. The van der Waals surface area contributed by atoms with E-state index in [9.17, 15) is 33.1 Å². The van der Waals surface area contributed by atoms with Crippen molar-refractivity contribution < 1.29 is 37.7 Å². The van der Waals surface area contributed by atoms with E-state index in [1.54, 1.807) is 0 Å². The lowest BCUT2D eigenvalue weighted by molar-refractivity contribution is -0.147. The molecule has 0 radical (unpaired) electrons. The Bertz CT molecular complexity index is 1060. The van der Waals surface area contributed by atoms with Gasteiger partial charge in [0, 0.05) is 18.8 Å². The van der Waals surface area contributed by atoms with Gasteiger partial charge < -0.3 is 30.0 Å². The van der Waals surface area contributed by atoms with E-state index in [2.05, 4.69) is 36.4 Å². The Morgan fingerprint density at radius 2 is 1.88 bits per heavy atom. The van der Waals surface area contributed by atoms with Gasteiger partial charge in [0.05, 0.1) is 19.1 Å². The Morgan fingerprint density at radius 3 is 2.50 bits per heavy atom. The van der Waals surface area contributed by atoms with Crippen molar-refractivity contribution in [3.63, 3.8) is 0 Å². The molecule has 1 aliphatic heterocycles. The van der Waals surface area contributed by atoms with Crippen molar-refractivity contribution >= 4 is 24.0 Å². The van der Waals surface area contributed by atoms with Crippen LogP contribution in [0.3, 0.4) is 0 Å². The Balaban J connectivity index is 1.83. The summed E-state index contributed by atoms with van der Waals surface area (Å²) in [4.78, 5) is 51.5. The molecule has 11 nitrogen and oxygen atoms in total. The Morgan fingerprint density at radius 1 is 1.19 bits per heavy atom. The minimum atomic E-state index is -3.77. The van der Waals surface area contributed by atoms with E-state index in [-0.39, 0.29) is 18.5 Å². The first-order valence-electron chi connectivity index (χ1n) is 15.0. The summed E-state index contributed by atoms with van der Waals surface area (Å²) in [7, 11) is 0. The molecule has 2 heterocycles. The smallest absolute Gasteiger partial charge is 0.351 e. The van der Waals surface area contributed by atoms with Gasteiger partial charge in [-0.15, -0.1) is 0 Å². The number of nitrogens with one attached hydrogen (secondary N) is 2. The fourth-order valence-electron chi connectivity index (χ4n) is 5.05. The summed E-state index contributed by atoms with van der Waals surface area (Å²) in [5.41, 5.74) is -1.17. The van der Waals surface area contributed by atoms with Crippen LogP contribution < -0.4 is 16.3 Å². The molecule has 238 valence electrons. The van der Waals surface area contributed by atoms with Gasteiger partial charge in [0.1, 0.15) is 18.0 Å².